The fraction of sp³-hybridized carbons (Fsp3) is 0.421. The van der Waals surface area contributed by atoms with Crippen molar-refractivity contribution in [1.29, 1.82) is 0 Å². The van der Waals surface area contributed by atoms with E-state index in [4.69, 9.17) is 16.3 Å². The number of halogens is 1. The molecule has 2 aromatic heterocycles. The van der Waals surface area contributed by atoms with Gasteiger partial charge in [-0.15, -0.1) is 11.8 Å². The van der Waals surface area contributed by atoms with Crippen molar-refractivity contribution in [3.05, 3.63) is 41.9 Å². The Morgan fingerprint density at radius 2 is 2.00 bits per heavy atom. The Morgan fingerprint density at radius 3 is 2.70 bits per heavy atom. The van der Waals surface area contributed by atoms with E-state index < -0.39 is 31.1 Å². The maximum Gasteiger partial charge on any atom is 0.226 e. The van der Waals surface area contributed by atoms with Crippen molar-refractivity contribution in [2.45, 2.75) is 42.4 Å². The van der Waals surface area contributed by atoms with Crippen molar-refractivity contribution in [3.63, 3.8) is 0 Å². The van der Waals surface area contributed by atoms with Gasteiger partial charge >= 0.3 is 0 Å². The number of aliphatic hydroxyl groups excluding tert-OH is 3. The number of aliphatic hydroxyl groups is 3. The summed E-state index contributed by atoms with van der Waals surface area (Å²) in [5.74, 6) is 1.26. The molecule has 1 aliphatic rings. The molecule has 4 N–H and O–H groups in total. The minimum atomic E-state index is -1.24. The molecule has 11 heteroatoms. The summed E-state index contributed by atoms with van der Waals surface area (Å²) in [6.07, 6.45) is -2.86. The molecule has 30 heavy (non-hydrogen) atoms. The zero-order valence-corrected chi connectivity index (χ0v) is 17.7. The van der Waals surface area contributed by atoms with Crippen LogP contribution in [0.25, 0.3) is 11.2 Å². The van der Waals surface area contributed by atoms with Gasteiger partial charge in [0.05, 0.1) is 12.9 Å². The first-order chi connectivity index (χ1) is 14.5. The molecule has 4 rings (SSSR count). The smallest absolute Gasteiger partial charge is 0.226 e. The van der Waals surface area contributed by atoms with Crippen molar-refractivity contribution < 1.29 is 20.1 Å². The highest BCUT2D eigenvalue weighted by molar-refractivity contribution is 7.99. The Labute approximate surface area is 182 Å². The third-order valence-corrected chi connectivity index (χ3v) is 6.25. The average molecular weight is 452 g/mol. The van der Waals surface area contributed by atoms with E-state index in [0.717, 1.165) is 5.75 Å². The summed E-state index contributed by atoms with van der Waals surface area (Å²) in [4.78, 5) is 14.0. The molecule has 3 aromatic rings. The molecule has 0 unspecified atom stereocenters. The molecule has 5 atom stereocenters. The van der Waals surface area contributed by atoms with Crippen LogP contribution in [0.15, 0.2) is 41.6 Å². The van der Waals surface area contributed by atoms with Gasteiger partial charge in [-0.1, -0.05) is 18.2 Å². The monoisotopic (exact) mass is 451 g/mol. The summed E-state index contributed by atoms with van der Waals surface area (Å²) in [5, 5.41) is 33.0. The number of nitrogens with zero attached hydrogens (tertiary/aromatic N) is 4. The zero-order chi connectivity index (χ0) is 21.3. The maximum atomic E-state index is 10.3. The van der Waals surface area contributed by atoms with E-state index in [9.17, 15) is 15.3 Å². The number of hydrogen-bond donors (Lipinski definition) is 4. The average Bonchev–Trinajstić information content (AvgIpc) is 3.28. The predicted molar refractivity (Wildman–Crippen MR) is 114 cm³/mol. The van der Waals surface area contributed by atoms with Crippen molar-refractivity contribution in [1.82, 2.24) is 19.5 Å². The van der Waals surface area contributed by atoms with Crippen LogP contribution in [0.5, 0.6) is 0 Å². The number of imidazole rings is 1. The summed E-state index contributed by atoms with van der Waals surface area (Å²) in [6, 6.07) is 10.1. The normalized spacial score (nSPS) is 25.0. The number of fused-ring (bicyclic) bond motifs is 1. The van der Waals surface area contributed by atoms with Gasteiger partial charge in [-0.2, -0.15) is 9.97 Å². The van der Waals surface area contributed by atoms with Gasteiger partial charge in [-0.3, -0.25) is 4.57 Å². The lowest BCUT2D eigenvalue weighted by molar-refractivity contribution is -0.0511. The van der Waals surface area contributed by atoms with Crippen LogP contribution >= 0.6 is 23.4 Å². The van der Waals surface area contributed by atoms with Crippen molar-refractivity contribution in [2.24, 2.45) is 0 Å². The second kappa shape index (κ2) is 9.04. The highest BCUT2D eigenvalue weighted by Crippen LogP contribution is 2.33. The molecule has 1 aromatic carbocycles. The summed E-state index contributed by atoms with van der Waals surface area (Å²) in [7, 11) is 0. The first-order valence-electron chi connectivity index (χ1n) is 9.45. The van der Waals surface area contributed by atoms with Crippen LogP contribution in [0.2, 0.25) is 5.28 Å². The second-order valence-electron chi connectivity index (χ2n) is 7.06. The first-order valence-corrected chi connectivity index (χ1v) is 10.8. The largest absolute Gasteiger partial charge is 0.394 e. The molecule has 0 radical (unpaired) electrons. The summed E-state index contributed by atoms with van der Waals surface area (Å²) < 4.78 is 7.07. The Balaban J connectivity index is 1.55. The van der Waals surface area contributed by atoms with Crippen LogP contribution in [0.4, 0.5) is 5.82 Å². The molecule has 1 aliphatic heterocycles. The summed E-state index contributed by atoms with van der Waals surface area (Å²) in [5.41, 5.74) is 0.823. The molecule has 1 saturated heterocycles. The van der Waals surface area contributed by atoms with Crippen molar-refractivity contribution in [3.8, 4) is 0 Å². The second-order valence-corrected chi connectivity index (χ2v) is 8.50. The number of anilines is 1. The molecular weight excluding hydrogens is 430 g/mol. The topological polar surface area (TPSA) is 126 Å². The molecular formula is C19H22ClN5O4S. The van der Waals surface area contributed by atoms with Crippen LogP contribution in [0.1, 0.15) is 13.2 Å². The van der Waals surface area contributed by atoms with E-state index >= 15 is 0 Å². The highest BCUT2D eigenvalue weighted by atomic mass is 35.5. The SMILES string of the molecule is C[C@H](CSc1ccccc1)Nc1nc(Cl)nc2c1ncn2[C@@H]1O[C@H](CO)[C@@H](O)[C@H]1O. The van der Waals surface area contributed by atoms with Gasteiger partial charge in [0.1, 0.15) is 18.3 Å². The van der Waals surface area contributed by atoms with Gasteiger partial charge in [0.15, 0.2) is 23.2 Å². The molecule has 0 bridgehead atoms. The number of benzene rings is 1. The third-order valence-electron chi connectivity index (χ3n) is 4.81. The number of rotatable bonds is 7. The first kappa shape index (κ1) is 21.3. The van der Waals surface area contributed by atoms with Gasteiger partial charge in [0.2, 0.25) is 5.28 Å². The quantitative estimate of drug-likeness (QED) is 0.313. The van der Waals surface area contributed by atoms with Crippen molar-refractivity contribution >= 4 is 40.3 Å². The van der Waals surface area contributed by atoms with Crippen LogP contribution in [-0.4, -0.2) is 71.6 Å². The van der Waals surface area contributed by atoms with E-state index in [1.807, 2.05) is 25.1 Å². The molecule has 1 fully saturated rings. The molecule has 3 heterocycles. The van der Waals surface area contributed by atoms with Crippen LogP contribution < -0.4 is 5.32 Å². The number of hydrogen-bond acceptors (Lipinski definition) is 9. The van der Waals surface area contributed by atoms with Crippen molar-refractivity contribution in [2.75, 3.05) is 17.7 Å². The van der Waals surface area contributed by atoms with E-state index in [2.05, 4.69) is 32.4 Å². The molecule has 0 amide bonds. The van der Waals surface area contributed by atoms with Gasteiger partial charge in [-0.25, -0.2) is 4.98 Å². The molecule has 160 valence electrons. The third kappa shape index (κ3) is 4.25. The van der Waals surface area contributed by atoms with Gasteiger partial charge in [0, 0.05) is 16.7 Å². The lowest BCUT2D eigenvalue weighted by atomic mass is 10.1. The molecule has 0 spiro atoms. The fourth-order valence-corrected chi connectivity index (χ4v) is 4.34. The van der Waals surface area contributed by atoms with Gasteiger partial charge < -0.3 is 25.4 Å². The maximum absolute atomic E-state index is 10.3. The lowest BCUT2D eigenvalue weighted by Gasteiger charge is -2.17. The molecule has 0 saturated carbocycles. The zero-order valence-electron chi connectivity index (χ0n) is 16.1. The van der Waals surface area contributed by atoms with Gasteiger partial charge in [-0.05, 0) is 30.7 Å². The van der Waals surface area contributed by atoms with Crippen LogP contribution in [-0.2, 0) is 4.74 Å². The Kier molecular flexibility index (Phi) is 6.42. The molecule has 0 aliphatic carbocycles. The van der Waals surface area contributed by atoms with E-state index in [1.54, 1.807) is 11.8 Å². The van der Waals surface area contributed by atoms with E-state index in [0.29, 0.717) is 17.0 Å². The summed E-state index contributed by atoms with van der Waals surface area (Å²) >= 11 is 7.85. The fourth-order valence-electron chi connectivity index (χ4n) is 3.30. The van der Waals surface area contributed by atoms with Gasteiger partial charge in [0.25, 0.3) is 0 Å². The van der Waals surface area contributed by atoms with Crippen LogP contribution in [0, 0.1) is 0 Å². The Hall–Kier alpha value is -1.95. The number of ether oxygens (including phenoxy) is 1. The van der Waals surface area contributed by atoms with Crippen LogP contribution in [0.3, 0.4) is 0 Å². The predicted octanol–water partition coefficient (Wildman–Crippen LogP) is 1.68. The van der Waals surface area contributed by atoms with E-state index in [-0.39, 0.29) is 11.3 Å². The van der Waals surface area contributed by atoms with E-state index in [1.165, 1.54) is 15.8 Å². The number of thioether (sulfide) groups is 1. The standard InChI is InChI=1S/C19H22ClN5O4S/c1-10(8-30-11-5-3-2-4-6-11)22-16-13-17(24-19(20)23-16)25(9-21-13)18-15(28)14(27)12(7-26)29-18/h2-6,9-10,12,14-15,18,26-28H,7-8H2,1H3,(H,22,23,24)/t10-,12-,14-,15-,18-/m1/s1. The number of aromatic nitrogens is 4. The lowest BCUT2D eigenvalue weighted by Crippen LogP contribution is -2.33. The highest BCUT2D eigenvalue weighted by Gasteiger charge is 2.44. The summed E-state index contributed by atoms with van der Waals surface area (Å²) in [6.45, 7) is 1.61. The minimum absolute atomic E-state index is 0.0152. The number of nitrogens with one attached hydrogen (secondary N) is 1. The minimum Gasteiger partial charge on any atom is -0.394 e. The Bertz CT molecular complexity index is 1010. The Morgan fingerprint density at radius 1 is 1.23 bits per heavy atom. The molecule has 9 nitrogen and oxygen atoms in total.